The number of pyridine rings is 1. The maximum atomic E-state index is 12.4. The Bertz CT molecular complexity index is 393. The van der Waals surface area contributed by atoms with Crippen molar-refractivity contribution in [3.63, 3.8) is 0 Å². The third-order valence-corrected chi connectivity index (χ3v) is 2.26. The first kappa shape index (κ1) is 13.1. The number of rotatable bonds is 2. The molecule has 0 fully saturated rings. The molecule has 0 saturated heterocycles. The number of ether oxygens (including phenoxy) is 1. The van der Waals surface area contributed by atoms with Crippen molar-refractivity contribution in [3.05, 3.63) is 21.9 Å². The average Bonchev–Trinajstić information content (AvgIpc) is 2.15. The number of alkyl halides is 5. The lowest BCUT2D eigenvalue weighted by molar-refractivity contribution is -0.143. The lowest BCUT2D eigenvalue weighted by Crippen LogP contribution is -2.13. The van der Waals surface area contributed by atoms with Crippen molar-refractivity contribution in [1.82, 2.24) is 4.98 Å². The van der Waals surface area contributed by atoms with Gasteiger partial charge in [-0.15, -0.1) is 0 Å². The predicted octanol–water partition coefficient (Wildman–Crippen LogP) is 3.81. The first-order valence-electron chi connectivity index (χ1n) is 3.87. The van der Waals surface area contributed by atoms with Crippen LogP contribution in [0.25, 0.3) is 0 Å². The molecule has 1 rings (SSSR count). The minimum absolute atomic E-state index is 0.178. The lowest BCUT2D eigenvalue weighted by atomic mass is 10.2. The number of halogens is 6. The van der Waals surface area contributed by atoms with Gasteiger partial charge in [-0.3, -0.25) is 0 Å². The Kier molecular flexibility index (Phi) is 3.72. The molecule has 0 bridgehead atoms. The van der Waals surface area contributed by atoms with E-state index in [1.807, 2.05) is 0 Å². The fourth-order valence-electron chi connectivity index (χ4n) is 1.02. The molecule has 0 aromatic carbocycles. The summed E-state index contributed by atoms with van der Waals surface area (Å²) >= 11 is 2.70. The SMILES string of the molecule is COc1cc(C(F)F)c(C(F)(F)F)nc1Br. The van der Waals surface area contributed by atoms with Crippen LogP contribution in [0.3, 0.4) is 0 Å². The highest BCUT2D eigenvalue weighted by atomic mass is 79.9. The van der Waals surface area contributed by atoms with E-state index in [1.165, 1.54) is 0 Å². The summed E-state index contributed by atoms with van der Waals surface area (Å²) in [6.45, 7) is 0. The fourth-order valence-corrected chi connectivity index (χ4v) is 1.48. The summed E-state index contributed by atoms with van der Waals surface area (Å²) in [5, 5.41) is 0. The monoisotopic (exact) mass is 305 g/mol. The zero-order chi connectivity index (χ0) is 12.5. The van der Waals surface area contributed by atoms with E-state index >= 15 is 0 Å². The quantitative estimate of drug-likeness (QED) is 0.612. The standard InChI is InChI=1S/C8H5BrF5NO/c1-16-4-2-3(7(10)11)5(8(12,13)14)15-6(4)9/h2,7H,1H3. The van der Waals surface area contributed by atoms with Crippen LogP contribution in [-0.2, 0) is 6.18 Å². The number of nitrogens with zero attached hydrogens (tertiary/aromatic N) is 1. The molecule has 2 nitrogen and oxygen atoms in total. The minimum atomic E-state index is -4.93. The van der Waals surface area contributed by atoms with Gasteiger partial charge in [0.25, 0.3) is 6.43 Å². The minimum Gasteiger partial charge on any atom is -0.494 e. The summed E-state index contributed by atoms with van der Waals surface area (Å²) in [4.78, 5) is 3.02. The van der Waals surface area contributed by atoms with E-state index in [9.17, 15) is 22.0 Å². The molecule has 1 heterocycles. The lowest BCUT2D eigenvalue weighted by Gasteiger charge is -2.13. The number of hydrogen-bond donors (Lipinski definition) is 0. The van der Waals surface area contributed by atoms with Gasteiger partial charge in [-0.2, -0.15) is 13.2 Å². The third-order valence-electron chi connectivity index (χ3n) is 1.70. The molecule has 0 aliphatic heterocycles. The van der Waals surface area contributed by atoms with Gasteiger partial charge in [0.05, 0.1) is 12.7 Å². The van der Waals surface area contributed by atoms with Crippen LogP contribution in [0.4, 0.5) is 22.0 Å². The van der Waals surface area contributed by atoms with Crippen LogP contribution in [0.15, 0.2) is 10.7 Å². The molecule has 0 spiro atoms. The second-order valence-electron chi connectivity index (χ2n) is 2.72. The average molecular weight is 306 g/mol. The maximum absolute atomic E-state index is 12.4. The van der Waals surface area contributed by atoms with Crippen molar-refractivity contribution in [1.29, 1.82) is 0 Å². The van der Waals surface area contributed by atoms with Gasteiger partial charge in [-0.1, -0.05) is 0 Å². The Morgan fingerprint density at radius 2 is 1.94 bits per heavy atom. The summed E-state index contributed by atoms with van der Waals surface area (Å²) in [6, 6.07) is 0.616. The Balaban J connectivity index is 3.42. The van der Waals surface area contributed by atoms with Gasteiger partial charge < -0.3 is 4.74 Å². The van der Waals surface area contributed by atoms with Gasteiger partial charge in [-0.25, -0.2) is 13.8 Å². The molecule has 0 aliphatic carbocycles. The molecule has 90 valence electrons. The van der Waals surface area contributed by atoms with E-state index in [2.05, 4.69) is 25.7 Å². The number of hydrogen-bond acceptors (Lipinski definition) is 2. The van der Waals surface area contributed by atoms with Crippen molar-refractivity contribution >= 4 is 15.9 Å². The first-order chi connectivity index (χ1) is 7.27. The highest BCUT2D eigenvalue weighted by Gasteiger charge is 2.38. The van der Waals surface area contributed by atoms with E-state index in [-0.39, 0.29) is 10.4 Å². The van der Waals surface area contributed by atoms with Gasteiger partial charge in [0.2, 0.25) is 0 Å². The molecule has 0 radical (unpaired) electrons. The Morgan fingerprint density at radius 1 is 1.38 bits per heavy atom. The molecule has 0 unspecified atom stereocenters. The molecule has 8 heteroatoms. The van der Waals surface area contributed by atoms with Crippen molar-refractivity contribution in [3.8, 4) is 5.75 Å². The largest absolute Gasteiger partial charge is 0.494 e. The molecular weight excluding hydrogens is 301 g/mol. The molecule has 0 saturated carbocycles. The highest BCUT2D eigenvalue weighted by molar-refractivity contribution is 9.10. The molecule has 0 amide bonds. The predicted molar refractivity (Wildman–Crippen MR) is 48.4 cm³/mol. The van der Waals surface area contributed by atoms with Crippen LogP contribution in [0.5, 0.6) is 5.75 Å². The Labute approximate surface area is 95.6 Å². The summed E-state index contributed by atoms with van der Waals surface area (Å²) in [5.41, 5.74) is -2.82. The van der Waals surface area contributed by atoms with E-state index in [0.717, 1.165) is 7.11 Å². The van der Waals surface area contributed by atoms with Crippen LogP contribution in [-0.4, -0.2) is 12.1 Å². The highest BCUT2D eigenvalue weighted by Crippen LogP contribution is 2.38. The fraction of sp³-hybridized carbons (Fsp3) is 0.375. The van der Waals surface area contributed by atoms with Gasteiger partial charge >= 0.3 is 6.18 Å². The van der Waals surface area contributed by atoms with E-state index in [1.54, 1.807) is 0 Å². The molecule has 1 aromatic heterocycles. The Hall–Kier alpha value is -0.920. The molecular formula is C8H5BrF5NO. The number of aromatic nitrogens is 1. The zero-order valence-electron chi connectivity index (χ0n) is 7.78. The van der Waals surface area contributed by atoms with E-state index in [4.69, 9.17) is 0 Å². The Morgan fingerprint density at radius 3 is 2.31 bits per heavy atom. The summed E-state index contributed by atoms with van der Waals surface area (Å²) < 4.78 is 66.2. The van der Waals surface area contributed by atoms with Crippen LogP contribution in [0.1, 0.15) is 17.7 Å². The second-order valence-corrected chi connectivity index (χ2v) is 3.47. The molecule has 0 aliphatic rings. The van der Waals surface area contributed by atoms with Crippen molar-refractivity contribution < 1.29 is 26.7 Å². The van der Waals surface area contributed by atoms with Crippen molar-refractivity contribution in [2.75, 3.05) is 7.11 Å². The zero-order valence-corrected chi connectivity index (χ0v) is 9.36. The summed E-state index contributed by atoms with van der Waals surface area (Å²) in [6.07, 6.45) is -8.20. The van der Waals surface area contributed by atoms with Gasteiger partial charge in [-0.05, 0) is 22.0 Å². The topological polar surface area (TPSA) is 22.1 Å². The third kappa shape index (κ3) is 2.60. The van der Waals surface area contributed by atoms with Gasteiger partial charge in [0, 0.05) is 0 Å². The molecule has 1 aromatic rings. The molecule has 0 atom stereocenters. The second kappa shape index (κ2) is 4.52. The van der Waals surface area contributed by atoms with Crippen LogP contribution < -0.4 is 4.74 Å². The first-order valence-corrected chi connectivity index (χ1v) is 4.66. The summed E-state index contributed by atoms with van der Waals surface area (Å²) in [5.74, 6) is -0.178. The molecule has 16 heavy (non-hydrogen) atoms. The van der Waals surface area contributed by atoms with Gasteiger partial charge in [0.1, 0.15) is 4.60 Å². The number of methoxy groups -OCH3 is 1. The van der Waals surface area contributed by atoms with Crippen molar-refractivity contribution in [2.24, 2.45) is 0 Å². The summed E-state index contributed by atoms with van der Waals surface area (Å²) in [7, 11) is 1.14. The van der Waals surface area contributed by atoms with E-state index < -0.39 is 23.9 Å². The van der Waals surface area contributed by atoms with Crippen molar-refractivity contribution in [2.45, 2.75) is 12.6 Å². The van der Waals surface area contributed by atoms with Crippen LogP contribution >= 0.6 is 15.9 Å². The smallest absolute Gasteiger partial charge is 0.433 e. The van der Waals surface area contributed by atoms with Gasteiger partial charge in [0.15, 0.2) is 11.4 Å². The molecule has 0 N–H and O–H groups in total. The maximum Gasteiger partial charge on any atom is 0.433 e. The normalized spacial score (nSPS) is 12.0. The van der Waals surface area contributed by atoms with E-state index in [0.29, 0.717) is 6.07 Å². The van der Waals surface area contributed by atoms with Crippen LogP contribution in [0, 0.1) is 0 Å². The van der Waals surface area contributed by atoms with Crippen LogP contribution in [0.2, 0.25) is 0 Å².